The minimum Gasteiger partial charge on any atom is -0.495 e. The van der Waals surface area contributed by atoms with E-state index in [2.05, 4.69) is 16.7 Å². The van der Waals surface area contributed by atoms with Gasteiger partial charge in [0.1, 0.15) is 29.3 Å². The highest BCUT2D eigenvalue weighted by Crippen LogP contribution is 2.37. The molecule has 15 heteroatoms. The van der Waals surface area contributed by atoms with Crippen molar-refractivity contribution in [1.82, 2.24) is 13.7 Å². The van der Waals surface area contributed by atoms with Gasteiger partial charge in [0.25, 0.3) is 5.69 Å². The number of carbonyl (C=O) groups is 2. The van der Waals surface area contributed by atoms with Crippen LogP contribution in [-0.2, 0) is 43.6 Å². The molecule has 270 valence electrons. The van der Waals surface area contributed by atoms with Crippen LogP contribution >= 0.6 is 0 Å². The standard InChI is InChI=1S/C13H15N3O5.C13H16N2O3.C10H11NO/c1-15-6-7(5-8(14)13(17)18)11-9(16(19)20)3-4-10(21-2)12(11)15;1-15-7-8(6-10(14)13(16)17)9-4-3-5-11(18-2)12(9)15;1-11-7-6-8-4-3-5-9(12-2)10(8)11/h3-4,6,8H,5,14H2,1-2H3,(H,17,18);3-5,7,10H,6,14H2,1-2H3,(H,16,17);3-7H,1-2H3. The van der Waals surface area contributed by atoms with Gasteiger partial charge < -0.3 is 49.6 Å². The van der Waals surface area contributed by atoms with Crippen molar-refractivity contribution >= 4 is 50.3 Å². The molecule has 0 spiro atoms. The van der Waals surface area contributed by atoms with Gasteiger partial charge in [-0.05, 0) is 35.4 Å². The van der Waals surface area contributed by atoms with Crippen LogP contribution in [0.1, 0.15) is 11.1 Å². The van der Waals surface area contributed by atoms with Gasteiger partial charge >= 0.3 is 11.9 Å². The first-order chi connectivity index (χ1) is 24.2. The number of aryl methyl sites for hydroxylation is 3. The highest BCUT2D eigenvalue weighted by molar-refractivity contribution is 5.97. The van der Waals surface area contributed by atoms with Crippen molar-refractivity contribution in [2.45, 2.75) is 24.9 Å². The number of nitrogens with two attached hydrogens (primary N) is 2. The first kappa shape index (κ1) is 37.8. The number of hydrogen-bond acceptors (Lipinski definition) is 9. The Bertz CT molecular complexity index is 2200. The van der Waals surface area contributed by atoms with Crippen molar-refractivity contribution in [2.75, 3.05) is 21.3 Å². The molecule has 0 fully saturated rings. The van der Waals surface area contributed by atoms with Crippen LogP contribution in [-0.4, -0.2) is 74.2 Å². The van der Waals surface area contributed by atoms with Gasteiger partial charge in [0.05, 0.1) is 48.2 Å². The first-order valence-corrected chi connectivity index (χ1v) is 15.7. The zero-order chi connectivity index (χ0) is 37.6. The quantitative estimate of drug-likeness (QED) is 0.116. The number of aliphatic carboxylic acids is 2. The van der Waals surface area contributed by atoms with Gasteiger partial charge in [0.15, 0.2) is 0 Å². The summed E-state index contributed by atoms with van der Waals surface area (Å²) in [6.45, 7) is 0. The molecule has 51 heavy (non-hydrogen) atoms. The number of benzene rings is 3. The maximum absolute atomic E-state index is 11.2. The average molecular weight is 703 g/mol. The van der Waals surface area contributed by atoms with Crippen molar-refractivity contribution in [3.05, 3.63) is 94.4 Å². The lowest BCUT2D eigenvalue weighted by atomic mass is 10.0. The van der Waals surface area contributed by atoms with E-state index in [1.165, 1.54) is 24.6 Å². The van der Waals surface area contributed by atoms with E-state index in [0.29, 0.717) is 28.6 Å². The predicted molar refractivity (Wildman–Crippen MR) is 194 cm³/mol. The third kappa shape index (κ3) is 8.06. The number of nitrogens with zero attached hydrogens (tertiary/aromatic N) is 4. The van der Waals surface area contributed by atoms with Crippen LogP contribution in [0.5, 0.6) is 17.2 Å². The SMILES string of the molecule is COc1ccc([N+](=O)[O-])c2c(CC(N)C(=O)O)cn(C)c12.COc1cccc2c(CC(N)C(=O)O)cn(C)c12.COc1cccc2ccn(C)c12. The van der Waals surface area contributed by atoms with Gasteiger partial charge in [-0.15, -0.1) is 0 Å². The summed E-state index contributed by atoms with van der Waals surface area (Å²) in [6, 6.07) is 14.7. The molecule has 6 N–H and O–H groups in total. The predicted octanol–water partition coefficient (Wildman–Crippen LogP) is 4.38. The van der Waals surface area contributed by atoms with E-state index >= 15 is 0 Å². The maximum atomic E-state index is 11.2. The molecule has 6 rings (SSSR count). The van der Waals surface area contributed by atoms with Crippen LogP contribution < -0.4 is 25.7 Å². The lowest BCUT2D eigenvalue weighted by molar-refractivity contribution is -0.383. The summed E-state index contributed by atoms with van der Waals surface area (Å²) in [6.07, 6.45) is 5.88. The Morgan fingerprint density at radius 3 is 1.80 bits per heavy atom. The average Bonchev–Trinajstić information content (AvgIpc) is 3.76. The van der Waals surface area contributed by atoms with Gasteiger partial charge in [-0.25, -0.2) is 0 Å². The van der Waals surface area contributed by atoms with E-state index in [1.54, 1.807) is 32.0 Å². The van der Waals surface area contributed by atoms with Crippen LogP contribution in [0, 0.1) is 10.1 Å². The molecule has 3 heterocycles. The van der Waals surface area contributed by atoms with Gasteiger partial charge in [-0.1, -0.05) is 24.3 Å². The minimum atomic E-state index is -1.16. The Labute approximate surface area is 293 Å². The molecule has 0 aliphatic heterocycles. The minimum absolute atomic E-state index is 0.000676. The number of carboxylic acid groups (broad SMARTS) is 2. The number of fused-ring (bicyclic) bond motifs is 3. The molecule has 15 nitrogen and oxygen atoms in total. The number of nitro benzene ring substituents is 1. The van der Waals surface area contributed by atoms with Gasteiger partial charge in [0.2, 0.25) is 0 Å². The van der Waals surface area contributed by atoms with Crippen molar-refractivity contribution in [1.29, 1.82) is 0 Å². The Kier molecular flexibility index (Phi) is 11.9. The molecule has 0 aliphatic rings. The molecule has 2 atom stereocenters. The smallest absolute Gasteiger partial charge is 0.320 e. The van der Waals surface area contributed by atoms with Gasteiger partial charge in [0, 0.05) is 69.4 Å². The summed E-state index contributed by atoms with van der Waals surface area (Å²) in [5.41, 5.74) is 15.1. The Hall–Kier alpha value is -6.06. The van der Waals surface area contributed by atoms with Gasteiger partial charge in [-0.3, -0.25) is 19.7 Å². The van der Waals surface area contributed by atoms with E-state index in [0.717, 1.165) is 33.5 Å². The summed E-state index contributed by atoms with van der Waals surface area (Å²) < 4.78 is 21.4. The third-order valence-electron chi connectivity index (χ3n) is 8.42. The van der Waals surface area contributed by atoms with E-state index in [-0.39, 0.29) is 12.1 Å². The number of rotatable bonds is 10. The fourth-order valence-corrected chi connectivity index (χ4v) is 6.03. The molecule has 0 amide bonds. The largest absolute Gasteiger partial charge is 0.495 e. The van der Waals surface area contributed by atoms with Crippen molar-refractivity contribution < 1.29 is 38.9 Å². The molecule has 0 saturated carbocycles. The van der Waals surface area contributed by atoms with Crippen LogP contribution in [0.15, 0.2) is 73.2 Å². The molecule has 3 aromatic carbocycles. The van der Waals surface area contributed by atoms with Crippen LogP contribution in [0.25, 0.3) is 32.7 Å². The summed E-state index contributed by atoms with van der Waals surface area (Å²) in [4.78, 5) is 32.4. The lowest BCUT2D eigenvalue weighted by Gasteiger charge is -2.07. The maximum Gasteiger partial charge on any atom is 0.320 e. The highest BCUT2D eigenvalue weighted by Gasteiger charge is 2.24. The molecular formula is C36H42N6O9. The summed E-state index contributed by atoms with van der Waals surface area (Å²) in [5.74, 6) is 0.0332. The molecule has 3 aromatic heterocycles. The van der Waals surface area contributed by atoms with Crippen molar-refractivity contribution in [2.24, 2.45) is 32.6 Å². The topological polar surface area (TPSA) is 212 Å². The van der Waals surface area contributed by atoms with E-state index in [1.807, 2.05) is 61.4 Å². The second-order valence-electron chi connectivity index (χ2n) is 11.8. The molecular weight excluding hydrogens is 660 g/mol. The number of nitro groups is 1. The van der Waals surface area contributed by atoms with Crippen molar-refractivity contribution in [3.8, 4) is 17.2 Å². The number of methoxy groups -OCH3 is 3. The first-order valence-electron chi connectivity index (χ1n) is 15.7. The molecule has 6 aromatic rings. The van der Waals surface area contributed by atoms with Crippen molar-refractivity contribution in [3.63, 3.8) is 0 Å². The normalized spacial score (nSPS) is 12.0. The zero-order valence-corrected chi connectivity index (χ0v) is 29.2. The molecule has 0 aliphatic carbocycles. The number of para-hydroxylation sites is 2. The molecule has 0 bridgehead atoms. The monoisotopic (exact) mass is 702 g/mol. The fourth-order valence-electron chi connectivity index (χ4n) is 6.03. The van der Waals surface area contributed by atoms with E-state index in [4.69, 9.17) is 35.9 Å². The lowest BCUT2D eigenvalue weighted by Crippen LogP contribution is -2.32. The Balaban J connectivity index is 0.000000177. The molecule has 0 radical (unpaired) electrons. The van der Waals surface area contributed by atoms with Crippen LogP contribution in [0.2, 0.25) is 0 Å². The zero-order valence-electron chi connectivity index (χ0n) is 29.2. The number of aromatic nitrogens is 3. The van der Waals surface area contributed by atoms with Crippen LogP contribution in [0.4, 0.5) is 5.69 Å². The summed E-state index contributed by atoms with van der Waals surface area (Å²) >= 11 is 0. The number of carboxylic acids is 2. The molecule has 0 saturated heterocycles. The Morgan fingerprint density at radius 2 is 1.24 bits per heavy atom. The van der Waals surface area contributed by atoms with E-state index in [9.17, 15) is 19.7 Å². The summed E-state index contributed by atoms with van der Waals surface area (Å²) in [5, 5.41) is 31.5. The molecule has 2 unspecified atom stereocenters. The Morgan fingerprint density at radius 1 is 0.725 bits per heavy atom. The van der Waals surface area contributed by atoms with E-state index < -0.39 is 28.9 Å². The third-order valence-corrected chi connectivity index (χ3v) is 8.42. The highest BCUT2D eigenvalue weighted by atomic mass is 16.6. The van der Waals surface area contributed by atoms with Gasteiger partial charge in [-0.2, -0.15) is 0 Å². The number of hydrogen-bond donors (Lipinski definition) is 4. The summed E-state index contributed by atoms with van der Waals surface area (Å²) in [7, 11) is 10.4. The fraction of sp³-hybridized carbons (Fsp3) is 0.278. The van der Waals surface area contributed by atoms with Crippen LogP contribution in [0.3, 0.4) is 0 Å². The number of ether oxygens (including phenoxy) is 3. The second-order valence-corrected chi connectivity index (χ2v) is 11.8. The second kappa shape index (κ2) is 16.1. The number of non-ortho nitro benzene ring substituents is 1.